The Kier molecular flexibility index (Phi) is 4.29. The van der Waals surface area contributed by atoms with Crippen molar-refractivity contribution in [2.75, 3.05) is 0 Å². The van der Waals surface area contributed by atoms with Crippen LogP contribution in [0.25, 0.3) is 11.4 Å². The molecule has 0 spiro atoms. The maximum absolute atomic E-state index is 12.7. The summed E-state index contributed by atoms with van der Waals surface area (Å²) in [6.45, 7) is 0.312. The summed E-state index contributed by atoms with van der Waals surface area (Å²) in [4.78, 5) is 23.4. The van der Waals surface area contributed by atoms with E-state index >= 15 is 0 Å². The fourth-order valence-electron chi connectivity index (χ4n) is 3.06. The molecule has 28 heavy (non-hydrogen) atoms. The van der Waals surface area contributed by atoms with Crippen molar-refractivity contribution in [1.82, 2.24) is 9.61 Å². The number of nitro groups is 1. The van der Waals surface area contributed by atoms with E-state index in [-0.39, 0.29) is 16.8 Å². The molecule has 0 amide bonds. The van der Waals surface area contributed by atoms with Crippen LogP contribution in [0.1, 0.15) is 11.1 Å². The van der Waals surface area contributed by atoms with Gasteiger partial charge in [0.05, 0.1) is 17.5 Å². The molecule has 0 aliphatic heterocycles. The second-order valence-electron chi connectivity index (χ2n) is 6.20. The summed E-state index contributed by atoms with van der Waals surface area (Å²) in [6.07, 6.45) is 1.43. The largest absolute Gasteiger partial charge is 0.504 e. The molecule has 0 radical (unpaired) electrons. The smallest absolute Gasteiger partial charge is 0.331 e. The quantitative estimate of drug-likeness (QED) is 0.330. The molecular formula is C20H15N4O4+. The monoisotopic (exact) mass is 375 g/mol. The van der Waals surface area contributed by atoms with Crippen molar-refractivity contribution < 1.29 is 14.6 Å². The van der Waals surface area contributed by atoms with Crippen molar-refractivity contribution in [3.05, 3.63) is 110 Å². The first-order chi connectivity index (χ1) is 13.6. The maximum atomic E-state index is 12.7. The van der Waals surface area contributed by atoms with E-state index in [4.69, 9.17) is 0 Å². The van der Waals surface area contributed by atoms with E-state index in [2.05, 4.69) is 5.10 Å². The zero-order valence-electron chi connectivity index (χ0n) is 14.6. The van der Waals surface area contributed by atoms with Crippen LogP contribution in [0.2, 0.25) is 0 Å². The molecule has 4 aromatic rings. The topological polar surface area (TPSA) is 102 Å². The highest BCUT2D eigenvalue weighted by Gasteiger charge is 2.27. The summed E-state index contributed by atoms with van der Waals surface area (Å²) >= 11 is 0. The minimum atomic E-state index is -0.761. The number of hydrogen-bond donors (Lipinski definition) is 1. The van der Waals surface area contributed by atoms with Gasteiger partial charge in [-0.2, -0.15) is 0 Å². The van der Waals surface area contributed by atoms with E-state index in [1.165, 1.54) is 15.4 Å². The SMILES string of the molecule is O=c1c([N+](=O)[O-])c/c(=C(/O)c2ccccc2)n2nc[n+](Cc3ccccc3)c12. The number of rotatable bonds is 4. The summed E-state index contributed by atoms with van der Waals surface area (Å²) < 4.78 is 2.77. The summed E-state index contributed by atoms with van der Waals surface area (Å²) in [7, 11) is 0. The van der Waals surface area contributed by atoms with Crippen LogP contribution in [0, 0.1) is 10.1 Å². The van der Waals surface area contributed by atoms with Crippen molar-refractivity contribution in [1.29, 1.82) is 0 Å². The van der Waals surface area contributed by atoms with Gasteiger partial charge in [0, 0.05) is 10.7 Å². The van der Waals surface area contributed by atoms with Crippen LogP contribution in [0.3, 0.4) is 0 Å². The Hall–Kier alpha value is -4.07. The van der Waals surface area contributed by atoms with Gasteiger partial charge in [0.2, 0.25) is 0 Å². The van der Waals surface area contributed by atoms with Crippen molar-refractivity contribution in [3.8, 4) is 0 Å². The van der Waals surface area contributed by atoms with Gasteiger partial charge in [0.15, 0.2) is 11.1 Å². The predicted molar refractivity (Wildman–Crippen MR) is 101 cm³/mol. The summed E-state index contributed by atoms with van der Waals surface area (Å²) in [6, 6.07) is 19.0. The first-order valence-corrected chi connectivity index (χ1v) is 8.47. The molecule has 0 saturated carbocycles. The second kappa shape index (κ2) is 6.92. The molecule has 0 aliphatic rings. The van der Waals surface area contributed by atoms with E-state index in [1.807, 2.05) is 30.3 Å². The van der Waals surface area contributed by atoms with Gasteiger partial charge in [-0.15, -0.1) is 0 Å². The molecule has 0 fully saturated rings. The fourth-order valence-corrected chi connectivity index (χ4v) is 3.06. The van der Waals surface area contributed by atoms with Crippen LogP contribution in [0.5, 0.6) is 0 Å². The lowest BCUT2D eigenvalue weighted by atomic mass is 10.1. The molecule has 0 bridgehead atoms. The highest BCUT2D eigenvalue weighted by atomic mass is 16.6. The molecule has 2 aromatic heterocycles. The van der Waals surface area contributed by atoms with Gasteiger partial charge >= 0.3 is 16.8 Å². The lowest BCUT2D eigenvalue weighted by Crippen LogP contribution is -2.39. The third kappa shape index (κ3) is 2.96. The zero-order chi connectivity index (χ0) is 19.7. The molecule has 0 aliphatic carbocycles. The van der Waals surface area contributed by atoms with Gasteiger partial charge in [-0.1, -0.05) is 65.2 Å². The molecule has 1 N–H and O–H groups in total. The van der Waals surface area contributed by atoms with Crippen molar-refractivity contribution in [3.63, 3.8) is 0 Å². The molecule has 0 saturated heterocycles. The van der Waals surface area contributed by atoms with Crippen LogP contribution in [0.4, 0.5) is 5.69 Å². The van der Waals surface area contributed by atoms with Crippen molar-refractivity contribution >= 4 is 17.1 Å². The number of aliphatic hydroxyl groups excluding tert-OH is 1. The Morgan fingerprint density at radius 2 is 1.75 bits per heavy atom. The lowest BCUT2D eigenvalue weighted by molar-refractivity contribution is -0.664. The number of fused-ring (bicyclic) bond motifs is 1. The number of pyridine rings is 1. The Morgan fingerprint density at radius 3 is 2.39 bits per heavy atom. The van der Waals surface area contributed by atoms with Crippen LogP contribution in [-0.4, -0.2) is 19.6 Å². The number of hydrogen-bond acceptors (Lipinski definition) is 5. The van der Waals surface area contributed by atoms with Crippen LogP contribution >= 0.6 is 0 Å². The molecular weight excluding hydrogens is 360 g/mol. The molecule has 0 unspecified atom stereocenters. The average molecular weight is 375 g/mol. The molecule has 4 rings (SSSR count). The number of aromatic nitrogens is 3. The van der Waals surface area contributed by atoms with Gasteiger partial charge in [0.25, 0.3) is 6.33 Å². The lowest BCUT2D eigenvalue weighted by Gasteiger charge is -2.00. The second-order valence-corrected chi connectivity index (χ2v) is 6.20. The number of aliphatic hydroxyl groups is 1. The fraction of sp³-hybridized carbons (Fsp3) is 0.0500. The highest BCUT2D eigenvalue weighted by Crippen LogP contribution is 2.09. The van der Waals surface area contributed by atoms with Gasteiger partial charge in [-0.25, -0.2) is 4.57 Å². The van der Waals surface area contributed by atoms with Crippen LogP contribution in [0.15, 0.2) is 77.9 Å². The molecule has 8 nitrogen and oxygen atoms in total. The number of benzene rings is 2. The van der Waals surface area contributed by atoms with E-state index in [1.54, 1.807) is 30.3 Å². The van der Waals surface area contributed by atoms with E-state index < -0.39 is 16.0 Å². The molecule has 2 aromatic carbocycles. The normalized spacial score (nSPS) is 12.1. The standard InChI is InChI=1S/C20H14N4O4/c25-18(15-9-5-2-6-10-15)16-11-17(24(27)28)19(26)20-22(13-21-23(16)20)12-14-7-3-1-4-8-14/h1-11,13H,12H2/p+1. The van der Waals surface area contributed by atoms with E-state index in [0.29, 0.717) is 12.1 Å². The summed E-state index contributed by atoms with van der Waals surface area (Å²) in [5, 5.41) is 26.4. The van der Waals surface area contributed by atoms with Gasteiger partial charge < -0.3 is 5.11 Å². The minimum Gasteiger partial charge on any atom is -0.504 e. The Balaban J connectivity index is 2.04. The first kappa shape index (κ1) is 17.3. The van der Waals surface area contributed by atoms with Gasteiger partial charge in [-0.05, 0) is 5.56 Å². The maximum Gasteiger partial charge on any atom is 0.331 e. The molecule has 8 heteroatoms. The summed E-state index contributed by atoms with van der Waals surface area (Å²) in [5.41, 5.74) is -0.00107. The zero-order valence-corrected chi connectivity index (χ0v) is 14.6. The van der Waals surface area contributed by atoms with Gasteiger partial charge in [-0.3, -0.25) is 14.9 Å². The minimum absolute atomic E-state index is 0.00975. The molecule has 138 valence electrons. The first-order valence-electron chi connectivity index (χ1n) is 8.47. The number of nitrogens with zero attached hydrogens (tertiary/aromatic N) is 4. The predicted octanol–water partition coefficient (Wildman–Crippen LogP) is 1.37. The highest BCUT2D eigenvalue weighted by molar-refractivity contribution is 5.59. The van der Waals surface area contributed by atoms with Crippen molar-refractivity contribution in [2.45, 2.75) is 6.54 Å². The van der Waals surface area contributed by atoms with Crippen LogP contribution in [-0.2, 0) is 6.54 Å². The Morgan fingerprint density at radius 1 is 1.11 bits per heavy atom. The van der Waals surface area contributed by atoms with Gasteiger partial charge in [0.1, 0.15) is 0 Å². The Bertz CT molecular complexity index is 1280. The molecule has 0 atom stereocenters. The van der Waals surface area contributed by atoms with E-state index in [9.17, 15) is 20.0 Å². The molecule has 2 heterocycles. The average Bonchev–Trinajstić information content (AvgIpc) is 3.13. The van der Waals surface area contributed by atoms with Crippen LogP contribution < -0.4 is 15.3 Å². The van der Waals surface area contributed by atoms with E-state index in [0.717, 1.165) is 11.6 Å². The van der Waals surface area contributed by atoms with Crippen molar-refractivity contribution in [2.24, 2.45) is 0 Å². The third-order valence-electron chi connectivity index (χ3n) is 4.40. The Labute approximate surface area is 158 Å². The summed E-state index contributed by atoms with van der Waals surface area (Å²) in [5.74, 6) is -0.205. The third-order valence-corrected chi connectivity index (χ3v) is 4.40.